The minimum Gasteiger partial charge on any atom is -0.465 e. The topological polar surface area (TPSA) is 68.5 Å². The summed E-state index contributed by atoms with van der Waals surface area (Å²) in [6.45, 7) is 1.65. The number of hydrogen-bond donors (Lipinski definition) is 1. The van der Waals surface area contributed by atoms with Crippen LogP contribution in [-0.2, 0) is 15.3 Å². The first-order valence-corrected chi connectivity index (χ1v) is 8.06. The van der Waals surface area contributed by atoms with Gasteiger partial charge in [0.05, 0.1) is 18.6 Å². The number of amides is 1. The van der Waals surface area contributed by atoms with Gasteiger partial charge in [0.25, 0.3) is 0 Å². The molecule has 0 atom stereocenters. The molecule has 1 heterocycles. The fourth-order valence-electron chi connectivity index (χ4n) is 1.94. The van der Waals surface area contributed by atoms with Gasteiger partial charge in [-0.3, -0.25) is 4.79 Å². The largest absolute Gasteiger partial charge is 0.465 e. The average Bonchev–Trinajstić information content (AvgIpc) is 2.91. The number of thioether (sulfide) groups is 1. The maximum atomic E-state index is 13.1. The molecule has 0 unspecified atom stereocenters. The minimum absolute atomic E-state index is 0.0896. The lowest BCUT2D eigenvalue weighted by Crippen LogP contribution is -2.14. The SMILES string of the molecule is COC(=O)c1cc(CSCC(=O)Nc2ccc(F)c(F)c2)oc1C. The Hall–Kier alpha value is -2.35. The summed E-state index contributed by atoms with van der Waals surface area (Å²) in [5.74, 6) is -1.39. The second kappa shape index (κ2) is 7.96. The fraction of sp³-hybridized carbons (Fsp3) is 0.250. The number of carbonyl (C=O) groups excluding carboxylic acids is 2. The predicted octanol–water partition coefficient (Wildman–Crippen LogP) is 3.52. The number of anilines is 1. The molecule has 24 heavy (non-hydrogen) atoms. The van der Waals surface area contributed by atoms with Gasteiger partial charge >= 0.3 is 5.97 Å². The molecular formula is C16H15F2NO4S. The average molecular weight is 355 g/mol. The van der Waals surface area contributed by atoms with Crippen LogP contribution in [0.1, 0.15) is 21.9 Å². The first kappa shape index (κ1) is 18.0. The molecule has 0 spiro atoms. The summed E-state index contributed by atoms with van der Waals surface area (Å²) in [5.41, 5.74) is 0.528. The Bertz CT molecular complexity index is 761. The number of aryl methyl sites for hydroxylation is 1. The zero-order valence-corrected chi connectivity index (χ0v) is 13.8. The summed E-state index contributed by atoms with van der Waals surface area (Å²) < 4.78 is 35.9. The van der Waals surface area contributed by atoms with E-state index >= 15 is 0 Å². The molecule has 0 saturated carbocycles. The molecule has 128 valence electrons. The molecule has 0 aliphatic heterocycles. The van der Waals surface area contributed by atoms with E-state index in [-0.39, 0.29) is 17.3 Å². The van der Waals surface area contributed by atoms with E-state index in [2.05, 4.69) is 10.1 Å². The molecule has 1 amide bonds. The molecule has 0 radical (unpaired) electrons. The standard InChI is InChI=1S/C16H15F2NO4S/c1-9-12(16(21)22-2)6-11(23-9)7-24-8-15(20)19-10-3-4-13(17)14(18)5-10/h3-6H,7-8H2,1-2H3,(H,19,20). The van der Waals surface area contributed by atoms with E-state index in [0.29, 0.717) is 22.8 Å². The second-order valence-electron chi connectivity index (χ2n) is 4.84. The number of esters is 1. The summed E-state index contributed by atoms with van der Waals surface area (Å²) >= 11 is 1.26. The lowest BCUT2D eigenvalue weighted by Gasteiger charge is -2.05. The van der Waals surface area contributed by atoms with Gasteiger partial charge in [-0.05, 0) is 25.1 Å². The number of benzene rings is 1. The third-order valence-electron chi connectivity index (χ3n) is 3.05. The second-order valence-corrected chi connectivity index (χ2v) is 5.83. The van der Waals surface area contributed by atoms with E-state index in [1.165, 1.54) is 24.9 Å². The van der Waals surface area contributed by atoms with Gasteiger partial charge in [-0.1, -0.05) is 0 Å². The summed E-state index contributed by atoms with van der Waals surface area (Å²) in [5, 5.41) is 2.47. The molecule has 1 aromatic carbocycles. The first-order valence-electron chi connectivity index (χ1n) is 6.91. The number of methoxy groups -OCH3 is 1. The molecule has 0 fully saturated rings. The van der Waals surface area contributed by atoms with Crippen LogP contribution in [0.4, 0.5) is 14.5 Å². The van der Waals surface area contributed by atoms with Crippen LogP contribution in [0, 0.1) is 18.6 Å². The van der Waals surface area contributed by atoms with Crippen LogP contribution in [0.3, 0.4) is 0 Å². The van der Waals surface area contributed by atoms with Crippen molar-refractivity contribution < 1.29 is 27.5 Å². The van der Waals surface area contributed by atoms with E-state index in [4.69, 9.17) is 4.42 Å². The third kappa shape index (κ3) is 4.58. The van der Waals surface area contributed by atoms with Gasteiger partial charge in [0.1, 0.15) is 17.1 Å². The Balaban J connectivity index is 1.84. The third-order valence-corrected chi connectivity index (χ3v) is 4.01. The first-order chi connectivity index (χ1) is 11.4. The minimum atomic E-state index is -1.03. The van der Waals surface area contributed by atoms with Crippen molar-refractivity contribution in [1.82, 2.24) is 0 Å². The lowest BCUT2D eigenvalue weighted by atomic mass is 10.2. The van der Waals surface area contributed by atoms with Crippen LogP contribution in [0.2, 0.25) is 0 Å². The van der Waals surface area contributed by atoms with Crippen LogP contribution in [0.25, 0.3) is 0 Å². The van der Waals surface area contributed by atoms with Crippen molar-refractivity contribution in [3.8, 4) is 0 Å². The molecule has 5 nitrogen and oxygen atoms in total. The Morgan fingerprint density at radius 3 is 2.67 bits per heavy atom. The van der Waals surface area contributed by atoms with E-state index in [9.17, 15) is 18.4 Å². The van der Waals surface area contributed by atoms with Crippen LogP contribution in [0.5, 0.6) is 0 Å². The number of nitrogens with one attached hydrogen (secondary N) is 1. The molecule has 0 aliphatic carbocycles. The van der Waals surface area contributed by atoms with Crippen molar-refractivity contribution in [2.75, 3.05) is 18.2 Å². The zero-order valence-electron chi connectivity index (χ0n) is 13.0. The highest BCUT2D eigenvalue weighted by Crippen LogP contribution is 2.20. The quantitative estimate of drug-likeness (QED) is 0.803. The molecule has 1 N–H and O–H groups in total. The molecule has 0 saturated heterocycles. The number of halogens is 2. The van der Waals surface area contributed by atoms with Crippen molar-refractivity contribution in [3.05, 3.63) is 53.0 Å². The maximum absolute atomic E-state index is 13.1. The highest BCUT2D eigenvalue weighted by atomic mass is 32.2. The van der Waals surface area contributed by atoms with Crippen LogP contribution in [-0.4, -0.2) is 24.7 Å². The summed E-state index contributed by atoms with van der Waals surface area (Å²) in [6.07, 6.45) is 0. The van der Waals surface area contributed by atoms with Gasteiger partial charge in [0.15, 0.2) is 11.6 Å². The molecule has 1 aromatic heterocycles. The van der Waals surface area contributed by atoms with Gasteiger partial charge in [0.2, 0.25) is 5.91 Å². The Morgan fingerprint density at radius 1 is 1.25 bits per heavy atom. The van der Waals surface area contributed by atoms with Gasteiger partial charge in [-0.15, -0.1) is 11.8 Å². The van der Waals surface area contributed by atoms with E-state index < -0.39 is 17.6 Å². The van der Waals surface area contributed by atoms with Crippen molar-refractivity contribution in [2.24, 2.45) is 0 Å². The fourth-order valence-corrected chi connectivity index (χ4v) is 2.65. The molecule has 0 aliphatic rings. The molecule has 2 rings (SSSR count). The number of carbonyl (C=O) groups is 2. The van der Waals surface area contributed by atoms with E-state index in [0.717, 1.165) is 12.1 Å². The number of rotatable bonds is 6. The molecule has 2 aromatic rings. The number of hydrogen-bond acceptors (Lipinski definition) is 5. The predicted molar refractivity (Wildman–Crippen MR) is 85.9 cm³/mol. The van der Waals surface area contributed by atoms with Crippen molar-refractivity contribution >= 4 is 29.3 Å². The van der Waals surface area contributed by atoms with Crippen molar-refractivity contribution in [2.45, 2.75) is 12.7 Å². The Morgan fingerprint density at radius 2 is 2.00 bits per heavy atom. The number of furan rings is 1. The van der Waals surface area contributed by atoms with Crippen molar-refractivity contribution in [3.63, 3.8) is 0 Å². The molecular weight excluding hydrogens is 340 g/mol. The van der Waals surface area contributed by atoms with Gasteiger partial charge < -0.3 is 14.5 Å². The normalized spacial score (nSPS) is 10.5. The van der Waals surface area contributed by atoms with Gasteiger partial charge in [0, 0.05) is 11.8 Å². The van der Waals surface area contributed by atoms with E-state index in [1.54, 1.807) is 13.0 Å². The van der Waals surface area contributed by atoms with Crippen molar-refractivity contribution in [1.29, 1.82) is 0 Å². The lowest BCUT2D eigenvalue weighted by molar-refractivity contribution is -0.113. The summed E-state index contributed by atoms with van der Waals surface area (Å²) in [7, 11) is 1.28. The molecule has 8 heteroatoms. The van der Waals surface area contributed by atoms with Crippen LogP contribution >= 0.6 is 11.8 Å². The maximum Gasteiger partial charge on any atom is 0.341 e. The van der Waals surface area contributed by atoms with Crippen LogP contribution in [0.15, 0.2) is 28.7 Å². The summed E-state index contributed by atoms with van der Waals surface area (Å²) in [4.78, 5) is 23.2. The highest BCUT2D eigenvalue weighted by molar-refractivity contribution is 7.99. The zero-order chi connectivity index (χ0) is 17.7. The molecule has 0 bridgehead atoms. The Labute approximate surface area is 141 Å². The number of ether oxygens (including phenoxy) is 1. The highest BCUT2D eigenvalue weighted by Gasteiger charge is 2.15. The smallest absolute Gasteiger partial charge is 0.341 e. The van der Waals surface area contributed by atoms with E-state index in [1.807, 2.05) is 0 Å². The van der Waals surface area contributed by atoms with Crippen LogP contribution < -0.4 is 5.32 Å². The Kier molecular flexibility index (Phi) is 5.97. The van der Waals surface area contributed by atoms with Gasteiger partial charge in [-0.25, -0.2) is 13.6 Å². The monoisotopic (exact) mass is 355 g/mol. The van der Waals surface area contributed by atoms with Gasteiger partial charge in [-0.2, -0.15) is 0 Å². The summed E-state index contributed by atoms with van der Waals surface area (Å²) in [6, 6.07) is 4.70.